The first-order chi connectivity index (χ1) is 11.5. The van der Waals surface area contributed by atoms with Gasteiger partial charge in [0.25, 0.3) is 11.8 Å². The van der Waals surface area contributed by atoms with Crippen LogP contribution in [-0.4, -0.2) is 45.6 Å². The molecule has 2 amide bonds. The second-order valence-electron chi connectivity index (χ2n) is 5.80. The molecule has 8 heteroatoms. The van der Waals surface area contributed by atoms with Gasteiger partial charge < -0.3 is 10.2 Å². The maximum absolute atomic E-state index is 12.7. The minimum Gasteiger partial charge on any atom is -0.355 e. The topological polar surface area (TPSA) is 101 Å². The molecule has 1 fully saturated rings. The highest BCUT2D eigenvalue weighted by atomic mass is 16.6. The fraction of sp³-hybridized carbons (Fsp3) is 0.438. The van der Waals surface area contributed by atoms with Gasteiger partial charge in [-0.1, -0.05) is 5.16 Å². The molecule has 8 nitrogen and oxygen atoms in total. The summed E-state index contributed by atoms with van der Waals surface area (Å²) in [5.41, 5.74) is 2.67. The van der Waals surface area contributed by atoms with Gasteiger partial charge in [0.2, 0.25) is 0 Å². The molecule has 0 saturated carbocycles. The van der Waals surface area contributed by atoms with Gasteiger partial charge in [-0.25, -0.2) is 4.63 Å². The van der Waals surface area contributed by atoms with Crippen molar-refractivity contribution in [2.24, 2.45) is 0 Å². The molecule has 3 heterocycles. The van der Waals surface area contributed by atoms with E-state index in [1.807, 2.05) is 6.07 Å². The smallest absolute Gasteiger partial charge is 0.278 e. The van der Waals surface area contributed by atoms with Crippen molar-refractivity contribution in [3.63, 3.8) is 0 Å². The van der Waals surface area contributed by atoms with E-state index in [0.717, 1.165) is 18.5 Å². The van der Waals surface area contributed by atoms with Crippen molar-refractivity contribution >= 4 is 11.8 Å². The number of aryl methyl sites for hydroxylation is 2. The van der Waals surface area contributed by atoms with Gasteiger partial charge in [-0.05, 0) is 44.0 Å². The second-order valence-corrected chi connectivity index (χ2v) is 5.80. The standard InChI is InChI=1S/C16H19N5O3/c1-9-11(15(22)17-3)6-7-12(18-9)13-5-4-8-21(13)16(23)14-10(2)19-24-20-14/h6-7,13H,4-5,8H2,1-3H3,(H,17,22). The van der Waals surface area contributed by atoms with E-state index in [4.69, 9.17) is 0 Å². The summed E-state index contributed by atoms with van der Waals surface area (Å²) in [5.74, 6) is -0.374. The monoisotopic (exact) mass is 329 g/mol. The third-order valence-corrected chi connectivity index (χ3v) is 4.29. The molecule has 1 unspecified atom stereocenters. The van der Waals surface area contributed by atoms with Crippen LogP contribution < -0.4 is 5.32 Å². The molecule has 0 aromatic carbocycles. The molecule has 0 radical (unpaired) electrons. The van der Waals surface area contributed by atoms with E-state index < -0.39 is 0 Å². The Morgan fingerprint density at radius 1 is 1.25 bits per heavy atom. The normalized spacial score (nSPS) is 17.1. The average molecular weight is 329 g/mol. The Balaban J connectivity index is 1.88. The number of nitrogens with one attached hydrogen (secondary N) is 1. The quantitative estimate of drug-likeness (QED) is 0.914. The first-order valence-electron chi connectivity index (χ1n) is 7.82. The molecule has 24 heavy (non-hydrogen) atoms. The number of carbonyl (C=O) groups is 2. The van der Waals surface area contributed by atoms with Gasteiger partial charge in [-0.2, -0.15) is 0 Å². The molecule has 2 aromatic rings. The Labute approximate surface area is 139 Å². The van der Waals surface area contributed by atoms with Crippen molar-refractivity contribution in [2.75, 3.05) is 13.6 Å². The molecule has 1 N–H and O–H groups in total. The van der Waals surface area contributed by atoms with Crippen molar-refractivity contribution in [2.45, 2.75) is 32.7 Å². The molecule has 0 spiro atoms. The Bertz CT molecular complexity index is 786. The Morgan fingerprint density at radius 3 is 2.67 bits per heavy atom. The van der Waals surface area contributed by atoms with E-state index in [-0.39, 0.29) is 23.6 Å². The first kappa shape index (κ1) is 16.1. The van der Waals surface area contributed by atoms with Crippen molar-refractivity contribution < 1.29 is 14.2 Å². The molecule has 1 aliphatic heterocycles. The largest absolute Gasteiger partial charge is 0.355 e. The van der Waals surface area contributed by atoms with Crippen molar-refractivity contribution in [3.05, 3.63) is 40.5 Å². The van der Waals surface area contributed by atoms with Crippen LogP contribution in [0.5, 0.6) is 0 Å². The van der Waals surface area contributed by atoms with Crippen molar-refractivity contribution in [1.82, 2.24) is 25.5 Å². The summed E-state index contributed by atoms with van der Waals surface area (Å²) in [7, 11) is 1.58. The summed E-state index contributed by atoms with van der Waals surface area (Å²) < 4.78 is 4.63. The van der Waals surface area contributed by atoms with Gasteiger partial charge in [0, 0.05) is 13.6 Å². The number of rotatable bonds is 3. The van der Waals surface area contributed by atoms with Crippen LogP contribution in [-0.2, 0) is 0 Å². The third-order valence-electron chi connectivity index (χ3n) is 4.29. The zero-order valence-corrected chi connectivity index (χ0v) is 13.9. The number of amides is 2. The molecule has 3 rings (SSSR count). The van der Waals surface area contributed by atoms with E-state index in [9.17, 15) is 9.59 Å². The van der Waals surface area contributed by atoms with E-state index in [1.165, 1.54) is 0 Å². The van der Waals surface area contributed by atoms with E-state index >= 15 is 0 Å². The highest BCUT2D eigenvalue weighted by Crippen LogP contribution is 2.32. The third kappa shape index (κ3) is 2.75. The van der Waals surface area contributed by atoms with Gasteiger partial charge in [-0.15, -0.1) is 0 Å². The zero-order chi connectivity index (χ0) is 17.3. The maximum Gasteiger partial charge on any atom is 0.278 e. The lowest BCUT2D eigenvalue weighted by Crippen LogP contribution is -2.32. The summed E-state index contributed by atoms with van der Waals surface area (Å²) in [6.45, 7) is 4.12. The molecule has 0 bridgehead atoms. The Kier molecular flexibility index (Phi) is 4.28. The van der Waals surface area contributed by atoms with Crippen LogP contribution in [0.4, 0.5) is 0 Å². The van der Waals surface area contributed by atoms with Gasteiger partial charge in [-0.3, -0.25) is 14.6 Å². The lowest BCUT2D eigenvalue weighted by atomic mass is 10.1. The van der Waals surface area contributed by atoms with Crippen molar-refractivity contribution in [1.29, 1.82) is 0 Å². The predicted molar refractivity (Wildman–Crippen MR) is 84.4 cm³/mol. The summed E-state index contributed by atoms with van der Waals surface area (Å²) in [6, 6.07) is 3.42. The molecule has 0 aliphatic carbocycles. The number of likely N-dealkylation sites (tertiary alicyclic amines) is 1. The summed E-state index contributed by atoms with van der Waals surface area (Å²) in [5, 5.41) is 9.97. The zero-order valence-electron chi connectivity index (χ0n) is 13.9. The predicted octanol–water partition coefficient (Wildman–Crippen LogP) is 1.42. The average Bonchev–Trinajstić information content (AvgIpc) is 3.22. The number of hydrogen-bond donors (Lipinski definition) is 1. The van der Waals surface area contributed by atoms with E-state index in [1.54, 1.807) is 31.9 Å². The fourth-order valence-corrected chi connectivity index (χ4v) is 3.02. The highest BCUT2D eigenvalue weighted by molar-refractivity contribution is 5.95. The van der Waals surface area contributed by atoms with Gasteiger partial charge in [0.05, 0.1) is 23.0 Å². The lowest BCUT2D eigenvalue weighted by Gasteiger charge is -2.24. The minimum absolute atomic E-state index is 0.133. The molecular weight excluding hydrogens is 310 g/mol. The number of aromatic nitrogens is 3. The van der Waals surface area contributed by atoms with Crippen LogP contribution >= 0.6 is 0 Å². The SMILES string of the molecule is CNC(=O)c1ccc(C2CCCN2C(=O)c2nonc2C)nc1C. The van der Waals surface area contributed by atoms with Gasteiger partial charge in [0.1, 0.15) is 5.69 Å². The van der Waals surface area contributed by atoms with Crippen LogP contribution in [0.1, 0.15) is 56.8 Å². The number of nitrogens with zero attached hydrogens (tertiary/aromatic N) is 4. The molecule has 1 aliphatic rings. The van der Waals surface area contributed by atoms with Crippen molar-refractivity contribution in [3.8, 4) is 0 Å². The van der Waals surface area contributed by atoms with Gasteiger partial charge in [0.15, 0.2) is 5.69 Å². The number of pyridine rings is 1. The fourth-order valence-electron chi connectivity index (χ4n) is 3.02. The molecule has 126 valence electrons. The van der Waals surface area contributed by atoms with E-state index in [2.05, 4.69) is 25.2 Å². The minimum atomic E-state index is -0.203. The highest BCUT2D eigenvalue weighted by Gasteiger charge is 2.34. The second kappa shape index (κ2) is 6.38. The molecule has 1 saturated heterocycles. The number of carbonyl (C=O) groups excluding carboxylic acids is 2. The maximum atomic E-state index is 12.7. The van der Waals surface area contributed by atoms with Crippen LogP contribution in [0, 0.1) is 13.8 Å². The summed E-state index contributed by atoms with van der Waals surface area (Å²) in [6.07, 6.45) is 1.71. The first-order valence-corrected chi connectivity index (χ1v) is 7.82. The van der Waals surface area contributed by atoms with Crippen LogP contribution in [0.15, 0.2) is 16.8 Å². The Hall–Kier alpha value is -2.77. The molecule has 1 atom stereocenters. The van der Waals surface area contributed by atoms with E-state index in [0.29, 0.717) is 23.5 Å². The molecular formula is C16H19N5O3. The number of hydrogen-bond acceptors (Lipinski definition) is 6. The van der Waals surface area contributed by atoms with Crippen LogP contribution in [0.25, 0.3) is 0 Å². The summed E-state index contributed by atoms with van der Waals surface area (Å²) in [4.78, 5) is 30.8. The Morgan fingerprint density at radius 2 is 2.04 bits per heavy atom. The summed E-state index contributed by atoms with van der Waals surface area (Å²) >= 11 is 0. The van der Waals surface area contributed by atoms with Crippen LogP contribution in [0.2, 0.25) is 0 Å². The van der Waals surface area contributed by atoms with Gasteiger partial charge >= 0.3 is 0 Å². The molecule has 2 aromatic heterocycles. The lowest BCUT2D eigenvalue weighted by molar-refractivity contribution is 0.0720. The van der Waals surface area contributed by atoms with Crippen LogP contribution in [0.3, 0.4) is 0 Å².